The molecule has 21 heavy (non-hydrogen) atoms. The first kappa shape index (κ1) is 15.8. The van der Waals surface area contributed by atoms with Gasteiger partial charge in [0.25, 0.3) is 0 Å². The van der Waals surface area contributed by atoms with Gasteiger partial charge < -0.3 is 10.1 Å². The molecule has 1 aromatic carbocycles. The third-order valence-corrected chi connectivity index (χ3v) is 3.79. The molecule has 1 aliphatic rings. The zero-order valence-corrected chi connectivity index (χ0v) is 13.7. The van der Waals surface area contributed by atoms with Crippen LogP contribution in [-0.4, -0.2) is 18.2 Å². The summed E-state index contributed by atoms with van der Waals surface area (Å²) in [6.07, 6.45) is 1.95. The highest BCUT2D eigenvalue weighted by molar-refractivity contribution is 5.86. The number of rotatable bonds is 2. The number of carbonyl (C=O) groups is 1. The first-order valence-corrected chi connectivity index (χ1v) is 7.61. The molecule has 1 aromatic rings. The van der Waals surface area contributed by atoms with Gasteiger partial charge in [-0.1, -0.05) is 6.07 Å². The van der Waals surface area contributed by atoms with Crippen LogP contribution in [-0.2, 0) is 4.74 Å². The van der Waals surface area contributed by atoms with Crippen molar-refractivity contribution in [3.05, 3.63) is 28.8 Å². The highest BCUT2D eigenvalue weighted by Gasteiger charge is 2.20. The second-order valence-corrected chi connectivity index (χ2v) is 6.79. The van der Waals surface area contributed by atoms with E-state index in [1.807, 2.05) is 27.7 Å². The maximum absolute atomic E-state index is 12.0. The lowest BCUT2D eigenvalue weighted by molar-refractivity contribution is 0.0636. The fourth-order valence-corrected chi connectivity index (χ4v) is 2.60. The second-order valence-electron chi connectivity index (χ2n) is 6.79. The minimum absolute atomic E-state index is 0.392. The molecule has 2 N–H and O–H groups in total. The number of hydrogen-bond acceptors (Lipinski definition) is 3. The number of benzene rings is 1. The summed E-state index contributed by atoms with van der Waals surface area (Å²) < 4.78 is 5.34. The van der Waals surface area contributed by atoms with Gasteiger partial charge in [-0.3, -0.25) is 5.32 Å². The van der Waals surface area contributed by atoms with Crippen molar-refractivity contribution >= 4 is 11.8 Å². The van der Waals surface area contributed by atoms with Gasteiger partial charge in [0.15, 0.2) is 0 Å². The molecular formula is C17H26N2O2. The molecule has 1 fully saturated rings. The van der Waals surface area contributed by atoms with E-state index in [4.69, 9.17) is 4.74 Å². The Labute approximate surface area is 127 Å². The number of anilines is 1. The van der Waals surface area contributed by atoms with Crippen LogP contribution in [0.4, 0.5) is 10.5 Å². The van der Waals surface area contributed by atoms with E-state index in [1.165, 1.54) is 17.5 Å². The summed E-state index contributed by atoms with van der Waals surface area (Å²) >= 11 is 0. The molecule has 2 rings (SSSR count). The van der Waals surface area contributed by atoms with Crippen LogP contribution in [0.25, 0.3) is 0 Å². The fraction of sp³-hybridized carbons (Fsp3) is 0.588. The Kier molecular flexibility index (Phi) is 4.57. The van der Waals surface area contributed by atoms with Crippen LogP contribution in [0.5, 0.6) is 0 Å². The predicted octanol–water partition coefficient (Wildman–Crippen LogP) is 4.07. The van der Waals surface area contributed by atoms with Crippen LogP contribution >= 0.6 is 0 Å². The summed E-state index contributed by atoms with van der Waals surface area (Å²) in [4.78, 5) is 12.0. The number of aryl methyl sites for hydroxylation is 1. The second kappa shape index (κ2) is 6.06. The number of nitrogens with one attached hydrogen (secondary N) is 2. The summed E-state index contributed by atoms with van der Waals surface area (Å²) in [5.74, 6) is 0. The molecule has 1 amide bonds. The van der Waals surface area contributed by atoms with Gasteiger partial charge in [0.1, 0.15) is 5.60 Å². The predicted molar refractivity (Wildman–Crippen MR) is 85.8 cm³/mol. The van der Waals surface area contributed by atoms with Crippen molar-refractivity contribution in [2.45, 2.75) is 59.1 Å². The zero-order chi connectivity index (χ0) is 15.6. The molecule has 0 radical (unpaired) electrons. The van der Waals surface area contributed by atoms with Crippen LogP contribution in [0.15, 0.2) is 12.1 Å². The Balaban J connectivity index is 2.20. The molecule has 0 aliphatic carbocycles. The van der Waals surface area contributed by atoms with Crippen LogP contribution < -0.4 is 10.6 Å². The average Bonchev–Trinajstić information content (AvgIpc) is 2.86. The van der Waals surface area contributed by atoms with Crippen LogP contribution in [0.2, 0.25) is 0 Å². The van der Waals surface area contributed by atoms with E-state index >= 15 is 0 Å². The summed E-state index contributed by atoms with van der Waals surface area (Å²) in [6.45, 7) is 10.8. The number of carbonyl (C=O) groups excluding carboxylic acids is 1. The van der Waals surface area contributed by atoms with Gasteiger partial charge >= 0.3 is 6.09 Å². The lowest BCUT2D eigenvalue weighted by atomic mass is 9.98. The largest absolute Gasteiger partial charge is 0.444 e. The quantitative estimate of drug-likeness (QED) is 0.863. The van der Waals surface area contributed by atoms with Crippen molar-refractivity contribution in [2.75, 3.05) is 11.9 Å². The summed E-state index contributed by atoms with van der Waals surface area (Å²) in [5, 5.41) is 6.38. The van der Waals surface area contributed by atoms with Gasteiger partial charge in [-0.05, 0) is 76.8 Å². The van der Waals surface area contributed by atoms with Gasteiger partial charge in [-0.15, -0.1) is 0 Å². The molecule has 0 aromatic heterocycles. The van der Waals surface area contributed by atoms with Crippen molar-refractivity contribution in [3.8, 4) is 0 Å². The molecule has 1 heterocycles. The average molecular weight is 290 g/mol. The van der Waals surface area contributed by atoms with Gasteiger partial charge in [-0.25, -0.2) is 4.79 Å². The molecule has 1 saturated heterocycles. The van der Waals surface area contributed by atoms with E-state index in [1.54, 1.807) is 0 Å². The molecule has 1 unspecified atom stereocenters. The SMILES string of the molecule is Cc1cc(C2CCCN2)cc(NC(=O)OC(C)(C)C)c1C. The van der Waals surface area contributed by atoms with E-state index in [-0.39, 0.29) is 0 Å². The smallest absolute Gasteiger partial charge is 0.412 e. The van der Waals surface area contributed by atoms with Crippen molar-refractivity contribution in [1.82, 2.24) is 5.32 Å². The van der Waals surface area contributed by atoms with Crippen LogP contribution in [0.1, 0.15) is 56.3 Å². The summed E-state index contributed by atoms with van der Waals surface area (Å²) in [7, 11) is 0. The normalized spacial score (nSPS) is 18.6. The highest BCUT2D eigenvalue weighted by atomic mass is 16.6. The minimum atomic E-state index is -0.488. The lowest BCUT2D eigenvalue weighted by Gasteiger charge is -2.21. The lowest BCUT2D eigenvalue weighted by Crippen LogP contribution is -2.27. The maximum atomic E-state index is 12.0. The fourth-order valence-electron chi connectivity index (χ4n) is 2.60. The van der Waals surface area contributed by atoms with Gasteiger partial charge in [0.05, 0.1) is 0 Å². The Hall–Kier alpha value is -1.55. The van der Waals surface area contributed by atoms with Crippen LogP contribution in [0, 0.1) is 13.8 Å². The van der Waals surface area contributed by atoms with Crippen molar-refractivity contribution < 1.29 is 9.53 Å². The molecule has 4 heteroatoms. The van der Waals surface area contributed by atoms with E-state index in [9.17, 15) is 4.79 Å². The third kappa shape index (κ3) is 4.21. The van der Waals surface area contributed by atoms with E-state index in [0.717, 1.165) is 24.2 Å². The minimum Gasteiger partial charge on any atom is -0.444 e. The summed E-state index contributed by atoms with van der Waals surface area (Å²) in [6, 6.07) is 4.66. The highest BCUT2D eigenvalue weighted by Crippen LogP contribution is 2.29. The number of hydrogen-bond donors (Lipinski definition) is 2. The molecule has 4 nitrogen and oxygen atoms in total. The Morgan fingerprint density at radius 1 is 1.33 bits per heavy atom. The molecular weight excluding hydrogens is 264 g/mol. The number of ether oxygens (including phenoxy) is 1. The standard InChI is InChI=1S/C17H26N2O2/c1-11-9-13(14-7-6-8-18-14)10-15(12(11)2)19-16(20)21-17(3,4)5/h9-10,14,18H,6-8H2,1-5H3,(H,19,20). The molecule has 1 aliphatic heterocycles. The van der Waals surface area contributed by atoms with Crippen LogP contribution in [0.3, 0.4) is 0 Å². The Bertz CT molecular complexity index is 526. The Morgan fingerprint density at radius 2 is 2.05 bits per heavy atom. The molecule has 0 bridgehead atoms. The van der Waals surface area contributed by atoms with E-state index in [0.29, 0.717) is 6.04 Å². The first-order chi connectivity index (χ1) is 9.76. The monoisotopic (exact) mass is 290 g/mol. The topological polar surface area (TPSA) is 50.4 Å². The van der Waals surface area contributed by atoms with Gasteiger partial charge in [0.2, 0.25) is 0 Å². The third-order valence-electron chi connectivity index (χ3n) is 3.79. The zero-order valence-electron chi connectivity index (χ0n) is 13.7. The molecule has 0 spiro atoms. The number of amides is 1. The maximum Gasteiger partial charge on any atom is 0.412 e. The summed E-state index contributed by atoms with van der Waals surface area (Å²) in [5.41, 5.74) is 3.86. The van der Waals surface area contributed by atoms with Crippen molar-refractivity contribution in [1.29, 1.82) is 0 Å². The van der Waals surface area contributed by atoms with Gasteiger partial charge in [-0.2, -0.15) is 0 Å². The molecule has 1 atom stereocenters. The Morgan fingerprint density at radius 3 is 2.62 bits per heavy atom. The molecule has 116 valence electrons. The van der Waals surface area contributed by atoms with Crippen molar-refractivity contribution in [3.63, 3.8) is 0 Å². The first-order valence-electron chi connectivity index (χ1n) is 7.61. The van der Waals surface area contributed by atoms with E-state index in [2.05, 4.69) is 29.7 Å². The molecule has 0 saturated carbocycles. The van der Waals surface area contributed by atoms with Crippen molar-refractivity contribution in [2.24, 2.45) is 0 Å². The van der Waals surface area contributed by atoms with Gasteiger partial charge in [0, 0.05) is 11.7 Å². The van der Waals surface area contributed by atoms with E-state index < -0.39 is 11.7 Å².